The molecule has 7 nitrogen and oxygen atoms in total. The molecule has 1 aromatic carbocycles. The number of ether oxygens (including phenoxy) is 2. The Morgan fingerprint density at radius 1 is 1.20 bits per heavy atom. The van der Waals surface area contributed by atoms with Crippen molar-refractivity contribution in [3.63, 3.8) is 0 Å². The fourth-order valence-corrected chi connectivity index (χ4v) is 3.18. The lowest BCUT2D eigenvalue weighted by molar-refractivity contribution is 0.0948. The summed E-state index contributed by atoms with van der Waals surface area (Å²) in [5.41, 5.74) is 3.00. The molecule has 0 unspecified atom stereocenters. The second-order valence-corrected chi connectivity index (χ2v) is 7.41. The Morgan fingerprint density at radius 2 is 1.97 bits per heavy atom. The van der Waals surface area contributed by atoms with Crippen LogP contribution in [0.4, 0.5) is 0 Å². The van der Waals surface area contributed by atoms with Crippen LogP contribution in [0.25, 0.3) is 5.69 Å². The van der Waals surface area contributed by atoms with E-state index in [2.05, 4.69) is 15.4 Å². The molecule has 1 amide bonds. The van der Waals surface area contributed by atoms with Gasteiger partial charge in [-0.1, -0.05) is 31.5 Å². The van der Waals surface area contributed by atoms with Crippen molar-refractivity contribution in [2.75, 3.05) is 20.3 Å². The van der Waals surface area contributed by atoms with E-state index < -0.39 is 0 Å². The normalized spacial score (nSPS) is 11.0. The van der Waals surface area contributed by atoms with Crippen molar-refractivity contribution < 1.29 is 14.3 Å². The average molecular weight is 429 g/mol. The highest BCUT2D eigenvalue weighted by Gasteiger charge is 2.21. The van der Waals surface area contributed by atoms with Crippen LogP contribution in [0.5, 0.6) is 5.88 Å². The number of amides is 1. The summed E-state index contributed by atoms with van der Waals surface area (Å²) in [7, 11) is 1.61. The maximum absolute atomic E-state index is 12.9. The molecule has 0 fully saturated rings. The van der Waals surface area contributed by atoms with Gasteiger partial charge in [-0.05, 0) is 36.2 Å². The number of aromatic nitrogens is 3. The average Bonchev–Trinajstić information content (AvgIpc) is 3.19. The van der Waals surface area contributed by atoms with Gasteiger partial charge in [-0.2, -0.15) is 5.10 Å². The van der Waals surface area contributed by atoms with Crippen molar-refractivity contribution in [1.29, 1.82) is 0 Å². The standard InChI is InChI=1S/C22H25ClN4O3/c1-15(2)20-19(14-26-27(20)18-8-6-17(23)7-9-18)21(28)25-13-16-5-4-10-24-22(16)30-12-11-29-3/h4-10,14-15H,11-13H2,1-3H3,(H,25,28). The van der Waals surface area contributed by atoms with Crippen molar-refractivity contribution in [3.8, 4) is 11.6 Å². The maximum Gasteiger partial charge on any atom is 0.255 e. The zero-order valence-electron chi connectivity index (χ0n) is 17.3. The lowest BCUT2D eigenvalue weighted by Gasteiger charge is -2.14. The molecule has 3 rings (SSSR count). The Kier molecular flexibility index (Phi) is 7.43. The number of nitrogens with one attached hydrogen (secondary N) is 1. The summed E-state index contributed by atoms with van der Waals surface area (Å²) in [5.74, 6) is 0.372. The Bertz CT molecular complexity index is 986. The number of rotatable bonds is 9. The third-order valence-electron chi connectivity index (χ3n) is 4.48. The number of hydrogen-bond acceptors (Lipinski definition) is 5. The van der Waals surface area contributed by atoms with Gasteiger partial charge >= 0.3 is 0 Å². The number of nitrogens with zero attached hydrogens (tertiary/aromatic N) is 3. The van der Waals surface area contributed by atoms with Gasteiger partial charge in [-0.25, -0.2) is 9.67 Å². The summed E-state index contributed by atoms with van der Waals surface area (Å²) in [6, 6.07) is 11.0. The molecule has 0 spiro atoms. The topological polar surface area (TPSA) is 78.3 Å². The van der Waals surface area contributed by atoms with Gasteiger partial charge in [0.1, 0.15) is 6.61 Å². The van der Waals surface area contributed by atoms with Crippen LogP contribution in [0.3, 0.4) is 0 Å². The van der Waals surface area contributed by atoms with Crippen LogP contribution in [-0.2, 0) is 11.3 Å². The van der Waals surface area contributed by atoms with Gasteiger partial charge in [0.15, 0.2) is 0 Å². The van der Waals surface area contributed by atoms with Crippen LogP contribution in [-0.4, -0.2) is 41.0 Å². The van der Waals surface area contributed by atoms with Gasteiger partial charge < -0.3 is 14.8 Å². The summed E-state index contributed by atoms with van der Waals surface area (Å²) in [6.07, 6.45) is 3.25. The molecule has 2 aromatic heterocycles. The fraction of sp³-hybridized carbons (Fsp3) is 0.318. The van der Waals surface area contributed by atoms with E-state index in [0.29, 0.717) is 36.2 Å². The van der Waals surface area contributed by atoms with Gasteiger partial charge in [-0.3, -0.25) is 4.79 Å². The monoisotopic (exact) mass is 428 g/mol. The number of pyridine rings is 1. The number of benzene rings is 1. The predicted molar refractivity (Wildman–Crippen MR) is 115 cm³/mol. The largest absolute Gasteiger partial charge is 0.475 e. The number of carbonyl (C=O) groups is 1. The molecule has 2 heterocycles. The summed E-state index contributed by atoms with van der Waals surface area (Å²) in [4.78, 5) is 17.2. The van der Waals surface area contributed by atoms with E-state index in [9.17, 15) is 4.79 Å². The quantitative estimate of drug-likeness (QED) is 0.521. The third-order valence-corrected chi connectivity index (χ3v) is 4.74. The summed E-state index contributed by atoms with van der Waals surface area (Å²) in [6.45, 7) is 5.20. The highest BCUT2D eigenvalue weighted by Crippen LogP contribution is 2.24. The van der Waals surface area contributed by atoms with E-state index in [1.54, 1.807) is 36.3 Å². The lowest BCUT2D eigenvalue weighted by atomic mass is 10.0. The zero-order valence-corrected chi connectivity index (χ0v) is 18.0. The van der Waals surface area contributed by atoms with Gasteiger partial charge in [0.05, 0.1) is 29.7 Å². The first kappa shape index (κ1) is 21.8. The molecule has 0 aliphatic rings. The van der Waals surface area contributed by atoms with Crippen molar-refractivity contribution in [1.82, 2.24) is 20.1 Å². The minimum atomic E-state index is -0.203. The minimum Gasteiger partial charge on any atom is -0.475 e. The van der Waals surface area contributed by atoms with Crippen LogP contribution >= 0.6 is 11.6 Å². The first-order chi connectivity index (χ1) is 14.5. The summed E-state index contributed by atoms with van der Waals surface area (Å²) < 4.78 is 12.4. The highest BCUT2D eigenvalue weighted by atomic mass is 35.5. The van der Waals surface area contributed by atoms with Gasteiger partial charge in [0.25, 0.3) is 5.91 Å². The second kappa shape index (κ2) is 10.2. The van der Waals surface area contributed by atoms with E-state index in [4.69, 9.17) is 21.1 Å². The van der Waals surface area contributed by atoms with Gasteiger partial charge in [0.2, 0.25) is 5.88 Å². The molecule has 0 bridgehead atoms. The molecule has 0 radical (unpaired) electrons. The van der Waals surface area contributed by atoms with Crippen molar-refractivity contribution >= 4 is 17.5 Å². The maximum atomic E-state index is 12.9. The fourth-order valence-electron chi connectivity index (χ4n) is 3.06. The molecule has 8 heteroatoms. The summed E-state index contributed by atoms with van der Waals surface area (Å²) in [5, 5.41) is 8.04. The van der Waals surface area contributed by atoms with Crippen molar-refractivity contribution in [2.45, 2.75) is 26.3 Å². The lowest BCUT2D eigenvalue weighted by Crippen LogP contribution is -2.24. The SMILES string of the molecule is COCCOc1ncccc1CNC(=O)c1cnn(-c2ccc(Cl)cc2)c1C(C)C. The number of methoxy groups -OCH3 is 1. The first-order valence-corrected chi connectivity index (χ1v) is 10.1. The Balaban J connectivity index is 1.77. The van der Waals surface area contributed by atoms with Crippen LogP contribution < -0.4 is 10.1 Å². The van der Waals surface area contributed by atoms with E-state index in [1.165, 1.54) is 0 Å². The number of carbonyl (C=O) groups excluding carboxylic acids is 1. The molecule has 158 valence electrons. The molecule has 0 aliphatic carbocycles. The molecule has 0 saturated heterocycles. The van der Waals surface area contributed by atoms with E-state index in [0.717, 1.165) is 16.9 Å². The second-order valence-electron chi connectivity index (χ2n) is 6.98. The molecule has 1 N–H and O–H groups in total. The highest BCUT2D eigenvalue weighted by molar-refractivity contribution is 6.30. The molecular formula is C22H25ClN4O3. The van der Waals surface area contributed by atoms with Crippen LogP contribution in [0.15, 0.2) is 48.8 Å². The third kappa shape index (κ3) is 5.17. The van der Waals surface area contributed by atoms with Crippen molar-refractivity contribution in [2.24, 2.45) is 0 Å². The number of hydrogen-bond donors (Lipinski definition) is 1. The van der Waals surface area contributed by atoms with Crippen LogP contribution in [0.2, 0.25) is 5.02 Å². The van der Waals surface area contributed by atoms with E-state index >= 15 is 0 Å². The molecule has 0 aliphatic heterocycles. The van der Waals surface area contributed by atoms with Crippen LogP contribution in [0.1, 0.15) is 41.4 Å². The number of halogens is 1. The Hall–Kier alpha value is -2.90. The summed E-state index contributed by atoms with van der Waals surface area (Å²) >= 11 is 5.99. The molecule has 30 heavy (non-hydrogen) atoms. The molecule has 3 aromatic rings. The predicted octanol–water partition coefficient (Wildman–Crippen LogP) is 4.00. The van der Waals surface area contributed by atoms with E-state index in [-0.39, 0.29) is 11.8 Å². The molecular weight excluding hydrogens is 404 g/mol. The Labute approximate surface area is 181 Å². The van der Waals surface area contributed by atoms with Gasteiger partial charge in [-0.15, -0.1) is 0 Å². The minimum absolute atomic E-state index is 0.0928. The van der Waals surface area contributed by atoms with Crippen molar-refractivity contribution in [3.05, 3.63) is 70.6 Å². The Morgan fingerprint density at radius 3 is 2.67 bits per heavy atom. The van der Waals surface area contributed by atoms with Gasteiger partial charge in [0, 0.05) is 30.4 Å². The molecule has 0 atom stereocenters. The smallest absolute Gasteiger partial charge is 0.255 e. The first-order valence-electron chi connectivity index (χ1n) is 9.69. The van der Waals surface area contributed by atoms with Crippen LogP contribution in [0, 0.1) is 0 Å². The molecule has 0 saturated carbocycles. The van der Waals surface area contributed by atoms with E-state index in [1.807, 2.05) is 38.1 Å². The zero-order chi connectivity index (χ0) is 21.5.